The van der Waals surface area contributed by atoms with Gasteiger partial charge in [0, 0.05) is 23.6 Å². The van der Waals surface area contributed by atoms with Gasteiger partial charge in [0.15, 0.2) is 5.82 Å². The summed E-state index contributed by atoms with van der Waals surface area (Å²) in [5.74, 6) is 2.79. The lowest BCUT2D eigenvalue weighted by atomic mass is 10.1. The summed E-state index contributed by atoms with van der Waals surface area (Å²) in [6.45, 7) is 4.14. The lowest BCUT2D eigenvalue weighted by molar-refractivity contribution is 0.482. The fourth-order valence-corrected chi connectivity index (χ4v) is 2.86. The molecule has 2 N–H and O–H groups in total. The highest BCUT2D eigenvalue weighted by Gasteiger charge is 2.07. The summed E-state index contributed by atoms with van der Waals surface area (Å²) in [4.78, 5) is 7.18. The first-order chi connectivity index (χ1) is 13.2. The van der Waals surface area contributed by atoms with E-state index in [4.69, 9.17) is 4.74 Å². The van der Waals surface area contributed by atoms with Crippen molar-refractivity contribution in [2.45, 2.75) is 13.8 Å². The molecule has 2 aromatic carbocycles. The van der Waals surface area contributed by atoms with Gasteiger partial charge >= 0.3 is 0 Å². The summed E-state index contributed by atoms with van der Waals surface area (Å²) in [6, 6.07) is 17.6. The van der Waals surface area contributed by atoms with Crippen LogP contribution in [-0.2, 0) is 0 Å². The number of rotatable bonds is 5. The zero-order chi connectivity index (χ0) is 18.6. The van der Waals surface area contributed by atoms with Gasteiger partial charge in [-0.15, -0.1) is 10.2 Å². The van der Waals surface area contributed by atoms with Gasteiger partial charge in [-0.05, 0) is 73.5 Å². The Bertz CT molecular complexity index is 1020. The Balaban J connectivity index is 1.48. The summed E-state index contributed by atoms with van der Waals surface area (Å²) < 4.78 is 5.78. The Morgan fingerprint density at radius 1 is 0.815 bits per heavy atom. The molecule has 134 valence electrons. The van der Waals surface area contributed by atoms with E-state index in [0.29, 0.717) is 11.8 Å². The zero-order valence-corrected chi connectivity index (χ0v) is 15.1. The molecule has 2 heterocycles. The molecular formula is C21H19N5O. The number of anilines is 2. The number of aromatic amines is 1. The van der Waals surface area contributed by atoms with Gasteiger partial charge in [-0.1, -0.05) is 6.07 Å². The molecule has 0 saturated heterocycles. The molecule has 0 spiro atoms. The molecule has 6 heteroatoms. The molecule has 27 heavy (non-hydrogen) atoms. The third-order valence-corrected chi connectivity index (χ3v) is 3.98. The minimum absolute atomic E-state index is 0.604. The molecule has 0 bridgehead atoms. The molecule has 4 aromatic rings. The van der Waals surface area contributed by atoms with Crippen molar-refractivity contribution < 1.29 is 4.74 Å². The van der Waals surface area contributed by atoms with E-state index in [1.807, 2.05) is 36.4 Å². The molecule has 0 aliphatic heterocycles. The van der Waals surface area contributed by atoms with Gasteiger partial charge in [0.2, 0.25) is 5.95 Å². The first-order valence-electron chi connectivity index (χ1n) is 8.62. The average molecular weight is 357 g/mol. The van der Waals surface area contributed by atoms with Gasteiger partial charge in [0.1, 0.15) is 11.5 Å². The van der Waals surface area contributed by atoms with E-state index in [2.05, 4.69) is 57.5 Å². The van der Waals surface area contributed by atoms with E-state index in [9.17, 15) is 0 Å². The van der Waals surface area contributed by atoms with Crippen molar-refractivity contribution in [3.05, 3.63) is 78.1 Å². The van der Waals surface area contributed by atoms with Crippen LogP contribution < -0.4 is 10.1 Å². The van der Waals surface area contributed by atoms with Crippen molar-refractivity contribution in [2.24, 2.45) is 0 Å². The lowest BCUT2D eigenvalue weighted by Crippen LogP contribution is -1.93. The highest BCUT2D eigenvalue weighted by molar-refractivity contribution is 5.61. The van der Waals surface area contributed by atoms with Crippen LogP contribution in [0.1, 0.15) is 11.1 Å². The highest BCUT2D eigenvalue weighted by atomic mass is 16.5. The highest BCUT2D eigenvalue weighted by Crippen LogP contribution is 2.25. The van der Waals surface area contributed by atoms with Gasteiger partial charge in [0.25, 0.3) is 0 Å². The second kappa shape index (κ2) is 7.29. The van der Waals surface area contributed by atoms with Gasteiger partial charge < -0.3 is 15.0 Å². The number of hydrogen-bond donors (Lipinski definition) is 2. The molecule has 4 rings (SSSR count). The number of aryl methyl sites for hydroxylation is 2. The topological polar surface area (TPSA) is 75.7 Å². The quantitative estimate of drug-likeness (QED) is 0.524. The van der Waals surface area contributed by atoms with Crippen LogP contribution >= 0.6 is 0 Å². The minimum atomic E-state index is 0.604. The number of nitrogens with zero attached hydrogens (tertiary/aromatic N) is 3. The summed E-state index contributed by atoms with van der Waals surface area (Å²) >= 11 is 0. The number of hydrogen-bond acceptors (Lipinski definition) is 5. The molecule has 6 nitrogen and oxygen atoms in total. The van der Waals surface area contributed by atoms with Crippen LogP contribution in [0.5, 0.6) is 11.5 Å². The van der Waals surface area contributed by atoms with E-state index < -0.39 is 0 Å². The van der Waals surface area contributed by atoms with Crippen LogP contribution in [0.2, 0.25) is 0 Å². The molecule has 0 aliphatic carbocycles. The molecule has 0 unspecified atom stereocenters. The van der Waals surface area contributed by atoms with E-state index in [1.54, 1.807) is 12.4 Å². The Kier molecular flexibility index (Phi) is 4.53. The van der Waals surface area contributed by atoms with Crippen LogP contribution in [0.25, 0.3) is 11.4 Å². The van der Waals surface area contributed by atoms with E-state index in [0.717, 1.165) is 22.7 Å². The Hall–Kier alpha value is -3.67. The standard InChI is InChI=1S/C21H19N5O/c1-14-11-15(2)13-17(12-14)23-21-24-20(25-26-21)16-3-5-18(6-4-16)27-19-7-9-22-10-8-19/h3-13H,1-2H3,(H2,23,24,25,26). The minimum Gasteiger partial charge on any atom is -0.457 e. The molecule has 0 atom stereocenters. The second-order valence-corrected chi connectivity index (χ2v) is 6.33. The number of nitrogens with one attached hydrogen (secondary N) is 2. The van der Waals surface area contributed by atoms with Crippen molar-refractivity contribution in [3.63, 3.8) is 0 Å². The maximum absolute atomic E-state index is 5.78. The summed E-state index contributed by atoms with van der Waals surface area (Å²) in [7, 11) is 0. The number of pyridine rings is 1. The molecule has 0 aliphatic rings. The first-order valence-corrected chi connectivity index (χ1v) is 8.62. The van der Waals surface area contributed by atoms with Gasteiger partial charge in [0.05, 0.1) is 0 Å². The number of benzene rings is 2. The largest absolute Gasteiger partial charge is 0.457 e. The number of aromatic nitrogens is 4. The van der Waals surface area contributed by atoms with Crippen LogP contribution in [0.15, 0.2) is 67.0 Å². The van der Waals surface area contributed by atoms with Gasteiger partial charge in [-0.3, -0.25) is 4.98 Å². The third kappa shape index (κ3) is 4.12. The maximum atomic E-state index is 5.78. The van der Waals surface area contributed by atoms with Crippen molar-refractivity contribution in [3.8, 4) is 22.9 Å². The fourth-order valence-electron chi connectivity index (χ4n) is 2.86. The summed E-state index contributed by atoms with van der Waals surface area (Å²) in [5, 5.41) is 11.7. The van der Waals surface area contributed by atoms with Crippen molar-refractivity contribution in [1.29, 1.82) is 0 Å². The van der Waals surface area contributed by atoms with Crippen molar-refractivity contribution in [2.75, 3.05) is 5.32 Å². The van der Waals surface area contributed by atoms with E-state index in [1.165, 1.54) is 11.1 Å². The van der Waals surface area contributed by atoms with E-state index >= 15 is 0 Å². The van der Waals surface area contributed by atoms with Crippen LogP contribution in [0, 0.1) is 13.8 Å². The predicted molar refractivity (Wildman–Crippen MR) is 105 cm³/mol. The smallest absolute Gasteiger partial charge is 0.226 e. The van der Waals surface area contributed by atoms with Gasteiger partial charge in [-0.2, -0.15) is 0 Å². The van der Waals surface area contributed by atoms with Crippen LogP contribution in [0.4, 0.5) is 11.6 Å². The first kappa shape index (κ1) is 16.8. The molecule has 0 saturated carbocycles. The Morgan fingerprint density at radius 3 is 2.19 bits per heavy atom. The second-order valence-electron chi connectivity index (χ2n) is 6.33. The molecule has 2 aromatic heterocycles. The lowest BCUT2D eigenvalue weighted by Gasteiger charge is -2.06. The number of ether oxygens (including phenoxy) is 1. The zero-order valence-electron chi connectivity index (χ0n) is 15.1. The van der Waals surface area contributed by atoms with Crippen LogP contribution in [0.3, 0.4) is 0 Å². The molecular weight excluding hydrogens is 338 g/mol. The normalized spacial score (nSPS) is 10.6. The summed E-state index contributed by atoms with van der Waals surface area (Å²) in [6.07, 6.45) is 3.39. The molecule has 0 fully saturated rings. The average Bonchev–Trinajstić information content (AvgIpc) is 3.11. The fraction of sp³-hybridized carbons (Fsp3) is 0.0952. The molecule has 0 radical (unpaired) electrons. The Labute approximate surface area is 157 Å². The Morgan fingerprint density at radius 2 is 1.48 bits per heavy atom. The SMILES string of the molecule is Cc1cc(C)cc(Nc2nnc(-c3ccc(Oc4ccncc4)cc3)[nH]2)c1. The summed E-state index contributed by atoms with van der Waals surface area (Å²) in [5.41, 5.74) is 4.30. The monoisotopic (exact) mass is 357 g/mol. The van der Waals surface area contributed by atoms with Crippen LogP contribution in [-0.4, -0.2) is 20.2 Å². The van der Waals surface area contributed by atoms with Gasteiger partial charge in [-0.25, -0.2) is 0 Å². The third-order valence-electron chi connectivity index (χ3n) is 3.98. The molecule has 0 amide bonds. The van der Waals surface area contributed by atoms with Crippen molar-refractivity contribution >= 4 is 11.6 Å². The van der Waals surface area contributed by atoms with E-state index in [-0.39, 0.29) is 0 Å². The maximum Gasteiger partial charge on any atom is 0.226 e. The van der Waals surface area contributed by atoms with Crippen molar-refractivity contribution in [1.82, 2.24) is 20.2 Å². The predicted octanol–water partition coefficient (Wildman–Crippen LogP) is 5.02. The number of H-pyrrole nitrogens is 1.